The topological polar surface area (TPSA) is 61.2 Å². The molecule has 0 fully saturated rings. The minimum absolute atomic E-state index is 0.000755. The van der Waals surface area contributed by atoms with Gasteiger partial charge in [-0.3, -0.25) is 9.36 Å². The van der Waals surface area contributed by atoms with Crippen LogP contribution in [0.5, 0.6) is 0 Å². The molecule has 5 nitrogen and oxygen atoms in total. The number of ether oxygens (including phenoxy) is 1. The summed E-state index contributed by atoms with van der Waals surface area (Å²) in [7, 11) is 0. The van der Waals surface area contributed by atoms with Crippen LogP contribution in [0.2, 0.25) is 0 Å². The number of hydrogen-bond donors (Lipinski definition) is 0. The lowest BCUT2D eigenvalue weighted by Crippen LogP contribution is -2.31. The maximum atomic E-state index is 12.8. The molecule has 0 aliphatic carbocycles. The van der Waals surface area contributed by atoms with Crippen molar-refractivity contribution in [1.29, 1.82) is 0 Å². The van der Waals surface area contributed by atoms with Crippen LogP contribution in [0.1, 0.15) is 16.2 Å². The minimum Gasteiger partial charge on any atom is -0.417 e. The molecule has 0 amide bonds. The van der Waals surface area contributed by atoms with Gasteiger partial charge in [0.2, 0.25) is 0 Å². The summed E-state index contributed by atoms with van der Waals surface area (Å²) in [5.41, 5.74) is 0.130. The van der Waals surface area contributed by atoms with Gasteiger partial charge in [-0.2, -0.15) is 26.3 Å². The Morgan fingerprint density at radius 2 is 1.72 bits per heavy atom. The Balaban J connectivity index is 2.61. The predicted octanol–water partition coefficient (Wildman–Crippen LogP) is 3.62. The number of halogens is 6. The van der Waals surface area contributed by atoms with Crippen LogP contribution in [0, 0.1) is 6.92 Å². The van der Waals surface area contributed by atoms with E-state index in [4.69, 9.17) is 0 Å². The molecule has 0 unspecified atom stereocenters. The summed E-state index contributed by atoms with van der Waals surface area (Å²) in [4.78, 5) is 26.1. The predicted molar refractivity (Wildman–Crippen MR) is 72.3 cm³/mol. The molecule has 0 aliphatic heterocycles. The van der Waals surface area contributed by atoms with Crippen LogP contribution in [0.3, 0.4) is 0 Å². The van der Waals surface area contributed by atoms with Crippen molar-refractivity contribution in [3.63, 3.8) is 0 Å². The molecule has 25 heavy (non-hydrogen) atoms. The van der Waals surface area contributed by atoms with Crippen LogP contribution >= 0.6 is 0 Å². The average molecular weight is 366 g/mol. The van der Waals surface area contributed by atoms with Gasteiger partial charge in [-0.05, 0) is 24.6 Å². The fourth-order valence-corrected chi connectivity index (χ4v) is 1.93. The monoisotopic (exact) mass is 366 g/mol. The second-order valence-electron chi connectivity index (χ2n) is 4.88. The first-order chi connectivity index (χ1) is 11.3. The van der Waals surface area contributed by atoms with E-state index in [0.717, 1.165) is 6.07 Å². The normalized spacial score (nSPS) is 12.3. The number of carbonyl (C=O) groups is 2. The molecule has 2 rings (SSSR count). The molecule has 0 saturated heterocycles. The molecule has 0 N–H and O–H groups in total. The lowest BCUT2D eigenvalue weighted by Gasteiger charge is -2.12. The van der Waals surface area contributed by atoms with Crippen LogP contribution in [0.25, 0.3) is 16.8 Å². The highest BCUT2D eigenvalue weighted by Gasteiger charge is 2.44. The van der Waals surface area contributed by atoms with Gasteiger partial charge in [-0.25, -0.2) is 9.78 Å². The SMILES string of the molecule is C=C(OC(=O)C(F)(F)F)c1nc2cc(C)ccc2n1C(=O)C(F)(F)F. The van der Waals surface area contributed by atoms with Crippen molar-refractivity contribution >= 4 is 28.7 Å². The lowest BCUT2D eigenvalue weighted by molar-refractivity contribution is -0.192. The van der Waals surface area contributed by atoms with Gasteiger partial charge in [-0.1, -0.05) is 12.6 Å². The molecule has 2 aromatic rings. The van der Waals surface area contributed by atoms with Gasteiger partial charge in [0, 0.05) is 0 Å². The van der Waals surface area contributed by atoms with E-state index in [2.05, 4.69) is 16.3 Å². The summed E-state index contributed by atoms with van der Waals surface area (Å²) < 4.78 is 79.0. The van der Waals surface area contributed by atoms with E-state index in [1.54, 1.807) is 6.92 Å². The van der Waals surface area contributed by atoms with Crippen molar-refractivity contribution < 1.29 is 40.7 Å². The Bertz CT molecular complexity index is 879. The van der Waals surface area contributed by atoms with E-state index in [-0.39, 0.29) is 15.6 Å². The zero-order chi connectivity index (χ0) is 19.2. The zero-order valence-electron chi connectivity index (χ0n) is 12.3. The number of nitrogens with zero attached hydrogens (tertiary/aromatic N) is 2. The number of imidazole rings is 1. The highest BCUT2D eigenvalue weighted by Crippen LogP contribution is 2.28. The molecule has 0 bridgehead atoms. The van der Waals surface area contributed by atoms with Crippen LogP contribution in [-0.4, -0.2) is 33.8 Å². The smallest absolute Gasteiger partial charge is 0.417 e. The molecule has 0 aliphatic rings. The minimum atomic E-state index is -5.40. The van der Waals surface area contributed by atoms with Gasteiger partial charge in [0.1, 0.15) is 0 Å². The molecule has 0 spiro atoms. The standard InChI is InChI=1S/C14H8F6N2O3/c1-6-3-4-9-8(5-6)21-10(22(9)11(23)13(15,16)17)7(2)25-12(24)14(18,19)20/h3-5H,2H2,1H3. The maximum Gasteiger partial charge on any atom is 0.491 e. The van der Waals surface area contributed by atoms with Crippen LogP contribution < -0.4 is 0 Å². The molecular weight excluding hydrogens is 358 g/mol. The second-order valence-corrected chi connectivity index (χ2v) is 4.88. The molecule has 1 aromatic heterocycles. The first kappa shape index (κ1) is 18.5. The maximum absolute atomic E-state index is 12.8. The Morgan fingerprint density at radius 3 is 2.24 bits per heavy atom. The highest BCUT2D eigenvalue weighted by molar-refractivity contribution is 5.96. The fraction of sp³-hybridized carbons (Fsp3) is 0.214. The van der Waals surface area contributed by atoms with Crippen molar-refractivity contribution in [2.45, 2.75) is 19.3 Å². The van der Waals surface area contributed by atoms with E-state index in [0.29, 0.717) is 5.56 Å². The summed E-state index contributed by atoms with van der Waals surface area (Å²) in [5, 5.41) is 0. The van der Waals surface area contributed by atoms with E-state index in [9.17, 15) is 35.9 Å². The number of fused-ring (bicyclic) bond motifs is 1. The average Bonchev–Trinajstić information content (AvgIpc) is 2.82. The van der Waals surface area contributed by atoms with Crippen molar-refractivity contribution in [1.82, 2.24) is 9.55 Å². The van der Waals surface area contributed by atoms with Crippen molar-refractivity contribution in [2.24, 2.45) is 0 Å². The number of esters is 1. The third-order valence-corrected chi connectivity index (χ3v) is 2.95. The summed E-state index contributed by atoms with van der Waals surface area (Å²) in [6, 6.07) is 3.81. The number of carbonyl (C=O) groups excluding carboxylic acids is 2. The van der Waals surface area contributed by atoms with Crippen molar-refractivity contribution in [3.05, 3.63) is 36.2 Å². The molecule has 134 valence electrons. The van der Waals surface area contributed by atoms with Gasteiger partial charge < -0.3 is 4.74 Å². The van der Waals surface area contributed by atoms with E-state index < -0.39 is 35.8 Å². The van der Waals surface area contributed by atoms with E-state index in [1.165, 1.54) is 12.1 Å². The van der Waals surface area contributed by atoms with Gasteiger partial charge in [0.15, 0.2) is 11.6 Å². The summed E-state index contributed by atoms with van der Waals surface area (Å²) in [5.74, 6) is -7.22. The van der Waals surface area contributed by atoms with E-state index >= 15 is 0 Å². The number of rotatable bonds is 2. The van der Waals surface area contributed by atoms with E-state index in [1.807, 2.05) is 0 Å². The van der Waals surface area contributed by atoms with Crippen LogP contribution in [-0.2, 0) is 9.53 Å². The third kappa shape index (κ3) is 3.64. The first-order valence-electron chi connectivity index (χ1n) is 6.41. The number of alkyl halides is 6. The zero-order valence-corrected chi connectivity index (χ0v) is 12.3. The van der Waals surface area contributed by atoms with Gasteiger partial charge in [-0.15, -0.1) is 0 Å². The Kier molecular flexibility index (Phi) is 4.36. The number of aromatic nitrogens is 2. The fourth-order valence-electron chi connectivity index (χ4n) is 1.93. The largest absolute Gasteiger partial charge is 0.491 e. The lowest BCUT2D eigenvalue weighted by atomic mass is 10.2. The van der Waals surface area contributed by atoms with Gasteiger partial charge in [0.25, 0.3) is 0 Å². The van der Waals surface area contributed by atoms with Crippen molar-refractivity contribution in [3.8, 4) is 0 Å². The Morgan fingerprint density at radius 1 is 1.12 bits per heavy atom. The summed E-state index contributed by atoms with van der Waals surface area (Å²) in [6.07, 6.45) is -10.7. The highest BCUT2D eigenvalue weighted by atomic mass is 19.4. The molecule has 11 heteroatoms. The Labute approximate surface area is 135 Å². The van der Waals surface area contributed by atoms with Gasteiger partial charge in [0.05, 0.1) is 11.0 Å². The van der Waals surface area contributed by atoms with Crippen molar-refractivity contribution in [2.75, 3.05) is 0 Å². The summed E-state index contributed by atoms with van der Waals surface area (Å²) >= 11 is 0. The van der Waals surface area contributed by atoms with Crippen LogP contribution in [0.4, 0.5) is 26.3 Å². The third-order valence-electron chi connectivity index (χ3n) is 2.95. The molecule has 0 radical (unpaired) electrons. The molecular formula is C14H8F6N2O3. The quantitative estimate of drug-likeness (QED) is 0.463. The first-order valence-corrected chi connectivity index (χ1v) is 6.41. The molecule has 0 atom stereocenters. The van der Waals surface area contributed by atoms with Crippen LogP contribution in [0.15, 0.2) is 24.8 Å². The second kappa shape index (κ2) is 5.90. The summed E-state index contributed by atoms with van der Waals surface area (Å²) in [6.45, 7) is 4.56. The Hall–Kier alpha value is -2.85. The number of hydrogen-bond acceptors (Lipinski definition) is 4. The molecule has 1 aromatic carbocycles. The molecule has 1 heterocycles. The number of aryl methyl sites for hydroxylation is 1. The van der Waals surface area contributed by atoms with Gasteiger partial charge >= 0.3 is 24.2 Å². The number of benzene rings is 1. The molecule has 0 saturated carbocycles.